The van der Waals surface area contributed by atoms with E-state index in [0.29, 0.717) is 28.4 Å². The lowest BCUT2D eigenvalue weighted by Crippen LogP contribution is -2.28. The van der Waals surface area contributed by atoms with E-state index in [2.05, 4.69) is 15.4 Å². The van der Waals surface area contributed by atoms with Crippen molar-refractivity contribution in [3.05, 3.63) is 71.7 Å². The Kier molecular flexibility index (Phi) is 5.28. The van der Waals surface area contributed by atoms with Crippen molar-refractivity contribution in [3.63, 3.8) is 0 Å². The summed E-state index contributed by atoms with van der Waals surface area (Å²) in [6.07, 6.45) is 2.36. The van der Waals surface area contributed by atoms with Gasteiger partial charge in [0.15, 0.2) is 5.82 Å². The summed E-state index contributed by atoms with van der Waals surface area (Å²) in [4.78, 5) is 16.7. The van der Waals surface area contributed by atoms with Crippen molar-refractivity contribution >= 4 is 5.91 Å². The van der Waals surface area contributed by atoms with Crippen LogP contribution < -0.4 is 10.1 Å². The first-order valence-corrected chi connectivity index (χ1v) is 8.16. The van der Waals surface area contributed by atoms with Gasteiger partial charge in [0.25, 0.3) is 5.91 Å². The Labute approximate surface area is 151 Å². The number of nitrogens with zero attached hydrogens (tertiary/aromatic N) is 3. The zero-order valence-electron chi connectivity index (χ0n) is 14.6. The van der Waals surface area contributed by atoms with E-state index in [9.17, 15) is 9.90 Å². The average Bonchev–Trinajstić information content (AvgIpc) is 3.08. The van der Waals surface area contributed by atoms with Crippen molar-refractivity contribution in [1.82, 2.24) is 20.1 Å². The van der Waals surface area contributed by atoms with Crippen molar-refractivity contribution in [2.75, 3.05) is 13.7 Å². The van der Waals surface area contributed by atoms with E-state index >= 15 is 0 Å². The molecule has 1 atom stereocenters. The van der Waals surface area contributed by atoms with Crippen molar-refractivity contribution < 1.29 is 14.6 Å². The second kappa shape index (κ2) is 7.79. The molecule has 2 N–H and O–H groups in total. The van der Waals surface area contributed by atoms with Crippen LogP contribution in [0.25, 0.3) is 5.82 Å². The van der Waals surface area contributed by atoms with Crippen LogP contribution in [0.1, 0.15) is 27.7 Å². The highest BCUT2D eigenvalue weighted by molar-refractivity contribution is 5.95. The number of aliphatic hydroxyl groups is 1. The maximum absolute atomic E-state index is 12.4. The Balaban J connectivity index is 1.66. The molecular weight excluding hydrogens is 332 g/mol. The SMILES string of the molecule is COc1ccc(C(O)CNC(=O)c2cnn(-c3ccccn3)c2C)cc1. The number of pyridine rings is 1. The van der Waals surface area contributed by atoms with Crippen molar-refractivity contribution in [2.24, 2.45) is 0 Å². The number of amides is 1. The van der Waals surface area contributed by atoms with Gasteiger partial charge in [-0.15, -0.1) is 0 Å². The largest absolute Gasteiger partial charge is 0.497 e. The van der Waals surface area contributed by atoms with Crippen molar-refractivity contribution in [1.29, 1.82) is 0 Å². The van der Waals surface area contributed by atoms with Gasteiger partial charge in [0.2, 0.25) is 0 Å². The molecule has 3 rings (SSSR count). The molecule has 0 bridgehead atoms. The number of ether oxygens (including phenoxy) is 1. The number of hydrogen-bond donors (Lipinski definition) is 2. The summed E-state index contributed by atoms with van der Waals surface area (Å²) in [7, 11) is 1.58. The monoisotopic (exact) mass is 352 g/mol. The normalized spacial score (nSPS) is 11.8. The summed E-state index contributed by atoms with van der Waals surface area (Å²) in [5, 5.41) is 17.2. The van der Waals surface area contributed by atoms with Gasteiger partial charge in [-0.05, 0) is 36.8 Å². The summed E-state index contributed by atoms with van der Waals surface area (Å²) >= 11 is 0. The maximum Gasteiger partial charge on any atom is 0.254 e. The molecule has 0 fully saturated rings. The first kappa shape index (κ1) is 17.6. The molecule has 2 heterocycles. The van der Waals surface area contributed by atoms with Gasteiger partial charge in [-0.1, -0.05) is 18.2 Å². The summed E-state index contributed by atoms with van der Waals surface area (Å²) in [5.41, 5.74) is 1.82. The number of carbonyl (C=O) groups excluding carboxylic acids is 1. The van der Waals surface area contributed by atoms with Gasteiger partial charge in [-0.25, -0.2) is 9.67 Å². The van der Waals surface area contributed by atoms with Gasteiger partial charge in [0, 0.05) is 12.7 Å². The minimum absolute atomic E-state index is 0.0966. The molecular formula is C19H20N4O3. The number of methoxy groups -OCH3 is 1. The summed E-state index contributed by atoms with van der Waals surface area (Å²) in [6.45, 7) is 1.90. The Morgan fingerprint density at radius 2 is 2.04 bits per heavy atom. The Morgan fingerprint density at radius 3 is 2.69 bits per heavy atom. The highest BCUT2D eigenvalue weighted by atomic mass is 16.5. The van der Waals surface area contributed by atoms with Crippen LogP contribution in [0.5, 0.6) is 5.75 Å². The van der Waals surface area contributed by atoms with Gasteiger partial charge in [-0.3, -0.25) is 4.79 Å². The van der Waals surface area contributed by atoms with Crippen LogP contribution in [0.3, 0.4) is 0 Å². The third-order valence-corrected chi connectivity index (χ3v) is 4.08. The Morgan fingerprint density at radius 1 is 1.27 bits per heavy atom. The highest BCUT2D eigenvalue weighted by Gasteiger charge is 2.17. The molecule has 1 unspecified atom stereocenters. The lowest BCUT2D eigenvalue weighted by Gasteiger charge is -2.13. The van der Waals surface area contributed by atoms with E-state index in [1.165, 1.54) is 6.20 Å². The smallest absolute Gasteiger partial charge is 0.254 e. The molecule has 134 valence electrons. The lowest BCUT2D eigenvalue weighted by atomic mass is 10.1. The number of aliphatic hydroxyl groups excluding tert-OH is 1. The van der Waals surface area contributed by atoms with Gasteiger partial charge >= 0.3 is 0 Å². The molecule has 7 nitrogen and oxygen atoms in total. The maximum atomic E-state index is 12.4. The Hall–Kier alpha value is -3.19. The van der Waals surface area contributed by atoms with E-state index in [1.54, 1.807) is 49.2 Å². The molecule has 26 heavy (non-hydrogen) atoms. The van der Waals surface area contributed by atoms with E-state index in [4.69, 9.17) is 4.74 Å². The molecule has 0 aliphatic carbocycles. The lowest BCUT2D eigenvalue weighted by molar-refractivity contribution is 0.0915. The average molecular weight is 352 g/mol. The molecule has 0 aliphatic rings. The fourth-order valence-corrected chi connectivity index (χ4v) is 2.57. The summed E-state index contributed by atoms with van der Waals surface area (Å²) in [6, 6.07) is 12.5. The number of aromatic nitrogens is 3. The molecule has 7 heteroatoms. The minimum Gasteiger partial charge on any atom is -0.497 e. The molecule has 0 radical (unpaired) electrons. The number of carbonyl (C=O) groups is 1. The first-order chi connectivity index (χ1) is 12.6. The molecule has 0 aliphatic heterocycles. The van der Waals surface area contributed by atoms with Crippen molar-refractivity contribution in [3.8, 4) is 11.6 Å². The molecule has 1 aromatic carbocycles. The second-order valence-corrected chi connectivity index (χ2v) is 5.74. The molecule has 0 saturated carbocycles. The first-order valence-electron chi connectivity index (χ1n) is 8.16. The van der Waals surface area contributed by atoms with Crippen LogP contribution in [-0.4, -0.2) is 39.4 Å². The van der Waals surface area contributed by atoms with Crippen molar-refractivity contribution in [2.45, 2.75) is 13.0 Å². The number of rotatable bonds is 6. The zero-order chi connectivity index (χ0) is 18.5. The van der Waals surface area contributed by atoms with Gasteiger partial charge in [0.1, 0.15) is 5.75 Å². The molecule has 1 amide bonds. The van der Waals surface area contributed by atoms with Gasteiger partial charge in [-0.2, -0.15) is 5.10 Å². The standard InChI is InChI=1S/C19H20N4O3/c1-13-16(11-22-23(13)18-5-3-4-10-20-18)19(25)21-12-17(24)14-6-8-15(26-2)9-7-14/h3-11,17,24H,12H2,1-2H3,(H,21,25). The quantitative estimate of drug-likeness (QED) is 0.709. The fraction of sp³-hybridized carbons (Fsp3) is 0.211. The van der Waals surface area contributed by atoms with Crippen LogP contribution in [-0.2, 0) is 0 Å². The van der Waals surface area contributed by atoms with Crippen LogP contribution in [0.15, 0.2) is 54.9 Å². The number of nitrogens with one attached hydrogen (secondary N) is 1. The third-order valence-electron chi connectivity index (χ3n) is 4.08. The predicted molar refractivity (Wildman–Crippen MR) is 96.4 cm³/mol. The fourth-order valence-electron chi connectivity index (χ4n) is 2.57. The van der Waals surface area contributed by atoms with E-state index < -0.39 is 6.10 Å². The van der Waals surface area contributed by atoms with Crippen LogP contribution in [0.2, 0.25) is 0 Å². The van der Waals surface area contributed by atoms with E-state index in [-0.39, 0.29) is 12.5 Å². The molecule has 3 aromatic rings. The summed E-state index contributed by atoms with van der Waals surface area (Å²) in [5.74, 6) is 1.06. The number of hydrogen-bond acceptors (Lipinski definition) is 5. The zero-order valence-corrected chi connectivity index (χ0v) is 14.6. The minimum atomic E-state index is -0.809. The molecule has 0 spiro atoms. The van der Waals surface area contributed by atoms with Crippen LogP contribution in [0.4, 0.5) is 0 Å². The Bertz CT molecular complexity index is 876. The van der Waals surface area contributed by atoms with Gasteiger partial charge < -0.3 is 15.2 Å². The number of benzene rings is 1. The second-order valence-electron chi connectivity index (χ2n) is 5.74. The topological polar surface area (TPSA) is 89.3 Å². The predicted octanol–water partition coefficient (Wildman–Crippen LogP) is 2.05. The molecule has 2 aromatic heterocycles. The van der Waals surface area contributed by atoms with Crippen LogP contribution >= 0.6 is 0 Å². The highest BCUT2D eigenvalue weighted by Crippen LogP contribution is 2.17. The van der Waals surface area contributed by atoms with Crippen LogP contribution in [0, 0.1) is 6.92 Å². The third kappa shape index (κ3) is 3.73. The van der Waals surface area contributed by atoms with E-state index in [1.807, 2.05) is 18.2 Å². The summed E-state index contributed by atoms with van der Waals surface area (Å²) < 4.78 is 6.70. The van der Waals surface area contributed by atoms with E-state index in [0.717, 1.165) is 0 Å². The molecule has 0 saturated heterocycles. The van der Waals surface area contributed by atoms with Gasteiger partial charge in [0.05, 0.1) is 30.7 Å².